The minimum absolute atomic E-state index is 0.0659. The average Bonchev–Trinajstić information content (AvgIpc) is 3.38. The molecule has 230 valence electrons. The Hall–Kier alpha value is -4.59. The number of nitrogens with zero attached hydrogens (tertiary/aromatic N) is 6. The Balaban J connectivity index is 1.26. The van der Waals surface area contributed by atoms with E-state index in [0.717, 1.165) is 18.1 Å². The zero-order valence-electron chi connectivity index (χ0n) is 24.1. The molecule has 2 fully saturated rings. The van der Waals surface area contributed by atoms with Crippen molar-refractivity contribution in [3.8, 4) is 11.1 Å². The zero-order valence-corrected chi connectivity index (χ0v) is 25.6. The molecule has 0 unspecified atom stereocenters. The number of anilines is 2. The second-order valence-corrected chi connectivity index (χ2v) is 12.7. The average molecular weight is 680 g/mol. The van der Waals surface area contributed by atoms with Crippen LogP contribution in [-0.2, 0) is 22.3 Å². The van der Waals surface area contributed by atoms with Crippen LogP contribution < -0.4 is 11.1 Å². The Morgan fingerprint density at radius 1 is 1.11 bits per heavy atom. The minimum Gasteiger partial charge on any atom is -0.383 e. The molecule has 1 aliphatic carbocycles. The molecule has 0 spiro atoms. The van der Waals surface area contributed by atoms with Crippen molar-refractivity contribution in [2.24, 2.45) is 5.41 Å². The van der Waals surface area contributed by atoms with Crippen LogP contribution >= 0.6 is 15.9 Å². The number of carbonyl (C=O) groups is 2. The van der Waals surface area contributed by atoms with E-state index in [1.807, 2.05) is 13.0 Å². The van der Waals surface area contributed by atoms with Crippen LogP contribution in [0.25, 0.3) is 33.1 Å². The van der Waals surface area contributed by atoms with Crippen LogP contribution in [0.4, 0.5) is 24.8 Å². The van der Waals surface area contributed by atoms with Gasteiger partial charge in [-0.25, -0.2) is 15.0 Å². The van der Waals surface area contributed by atoms with Gasteiger partial charge in [0.25, 0.3) is 0 Å². The van der Waals surface area contributed by atoms with Crippen LogP contribution in [0.5, 0.6) is 0 Å². The molecular formula is C31H26BrF3N8O2. The number of amides is 2. The molecule has 3 N–H and O–H groups in total. The molecule has 1 aliphatic heterocycles. The van der Waals surface area contributed by atoms with E-state index in [-0.39, 0.29) is 35.6 Å². The molecule has 3 atom stereocenters. The number of nitrogen functional groups attached to an aromatic ring is 1. The standard InChI is InChI=1S/C31H26BrF3N8O2/c1-15-8-17(16-6-7-20(37-12-16)31(33,34)35)9-18-25-27(36)38-14-39-28(25)42(26(15)18)13-24(44)43-19(10-30(2)11-21(30)43)29(45)41-23-5-3-4-22(32)40-23/h3-9,12,14,19,21H,10-11,13H2,1-2H3,(H2,36,38,39)(H,40,41,45)/t19-,21+,30-/m0/s1. The lowest BCUT2D eigenvalue weighted by Gasteiger charge is -2.27. The van der Waals surface area contributed by atoms with Gasteiger partial charge in [-0.1, -0.05) is 19.1 Å². The summed E-state index contributed by atoms with van der Waals surface area (Å²) in [6, 6.07) is 10.4. The highest BCUT2D eigenvalue weighted by Crippen LogP contribution is 2.59. The van der Waals surface area contributed by atoms with Gasteiger partial charge in [-0.2, -0.15) is 13.2 Å². The van der Waals surface area contributed by atoms with E-state index in [1.165, 1.54) is 18.6 Å². The second-order valence-electron chi connectivity index (χ2n) is 11.9. The molecule has 1 aromatic carbocycles. The Kier molecular flexibility index (Phi) is 6.62. The van der Waals surface area contributed by atoms with Crippen LogP contribution in [0, 0.1) is 12.3 Å². The van der Waals surface area contributed by atoms with Crippen LogP contribution in [0.1, 0.15) is 31.0 Å². The molecule has 1 saturated carbocycles. The summed E-state index contributed by atoms with van der Waals surface area (Å²) in [5.41, 5.74) is 8.19. The Morgan fingerprint density at radius 3 is 2.62 bits per heavy atom. The predicted molar refractivity (Wildman–Crippen MR) is 165 cm³/mol. The number of alkyl halides is 3. The van der Waals surface area contributed by atoms with Crippen molar-refractivity contribution < 1.29 is 22.8 Å². The molecule has 45 heavy (non-hydrogen) atoms. The predicted octanol–water partition coefficient (Wildman–Crippen LogP) is 5.73. The fraction of sp³-hybridized carbons (Fsp3) is 0.290. The van der Waals surface area contributed by atoms with Gasteiger partial charge in [0.05, 0.1) is 10.9 Å². The Morgan fingerprint density at radius 2 is 1.91 bits per heavy atom. The minimum atomic E-state index is -4.55. The summed E-state index contributed by atoms with van der Waals surface area (Å²) < 4.78 is 41.7. The topological polar surface area (TPSA) is 132 Å². The summed E-state index contributed by atoms with van der Waals surface area (Å²) in [4.78, 5) is 45.8. The molecule has 4 aromatic heterocycles. The number of likely N-dealkylation sites (tertiary alicyclic amines) is 1. The smallest absolute Gasteiger partial charge is 0.383 e. The maximum atomic E-state index is 14.1. The number of aryl methyl sites for hydroxylation is 1. The van der Waals surface area contributed by atoms with Crippen molar-refractivity contribution >= 4 is 61.3 Å². The number of halogens is 4. The van der Waals surface area contributed by atoms with Gasteiger partial charge >= 0.3 is 6.18 Å². The molecule has 10 nitrogen and oxygen atoms in total. The van der Waals surface area contributed by atoms with Crippen LogP contribution in [0.15, 0.2) is 59.6 Å². The summed E-state index contributed by atoms with van der Waals surface area (Å²) in [6.07, 6.45) is -0.700. The number of piperidine rings is 1. The van der Waals surface area contributed by atoms with Crippen LogP contribution in [0.3, 0.4) is 0 Å². The Labute approximate surface area is 263 Å². The van der Waals surface area contributed by atoms with Crippen molar-refractivity contribution in [1.82, 2.24) is 29.4 Å². The summed E-state index contributed by atoms with van der Waals surface area (Å²) in [5.74, 6) is 0.0434. The number of benzene rings is 1. The lowest BCUT2D eigenvalue weighted by molar-refractivity contribution is -0.141. The van der Waals surface area contributed by atoms with E-state index in [9.17, 15) is 22.8 Å². The highest BCUT2D eigenvalue weighted by molar-refractivity contribution is 9.10. The SMILES string of the molecule is Cc1cc(-c2ccc(C(F)(F)F)nc2)cc2c3c(N)ncnc3n(CC(=O)N3[C@H](C(=O)Nc4cccc(Br)n4)C[C@@]4(C)C[C@@H]34)c12. The number of carbonyl (C=O) groups excluding carboxylic acids is 2. The number of aromatic nitrogens is 5. The first-order valence-corrected chi connectivity index (χ1v) is 14.9. The second kappa shape index (κ2) is 10.2. The van der Waals surface area contributed by atoms with Gasteiger partial charge in [-0.3, -0.25) is 14.6 Å². The number of nitrogens with one attached hydrogen (secondary N) is 1. The summed E-state index contributed by atoms with van der Waals surface area (Å²) in [7, 11) is 0. The zero-order chi connectivity index (χ0) is 31.8. The van der Waals surface area contributed by atoms with E-state index in [1.54, 1.807) is 33.7 Å². The number of hydrogen-bond acceptors (Lipinski definition) is 7. The quantitative estimate of drug-likeness (QED) is 0.227. The first kappa shape index (κ1) is 29.1. The molecule has 5 heterocycles. The molecule has 1 saturated heterocycles. The van der Waals surface area contributed by atoms with E-state index < -0.39 is 17.9 Å². The summed E-state index contributed by atoms with van der Waals surface area (Å²) >= 11 is 3.31. The molecule has 14 heteroatoms. The van der Waals surface area contributed by atoms with Gasteiger partial charge in [0.1, 0.15) is 46.5 Å². The van der Waals surface area contributed by atoms with Gasteiger partial charge in [0.2, 0.25) is 11.8 Å². The van der Waals surface area contributed by atoms with Gasteiger partial charge in [-0.15, -0.1) is 0 Å². The van der Waals surface area contributed by atoms with E-state index in [2.05, 4.69) is 48.1 Å². The monoisotopic (exact) mass is 678 g/mol. The number of nitrogens with two attached hydrogens (primary N) is 1. The molecule has 7 rings (SSSR count). The lowest BCUT2D eigenvalue weighted by Crippen LogP contribution is -2.46. The number of hydrogen-bond donors (Lipinski definition) is 2. The third kappa shape index (κ3) is 4.96. The van der Waals surface area contributed by atoms with Gasteiger partial charge in [0.15, 0.2) is 0 Å². The number of fused-ring (bicyclic) bond motifs is 4. The fourth-order valence-electron chi connectivity index (χ4n) is 6.60. The van der Waals surface area contributed by atoms with Gasteiger partial charge in [0, 0.05) is 23.2 Å². The van der Waals surface area contributed by atoms with Crippen LogP contribution in [-0.4, -0.2) is 53.3 Å². The molecular weight excluding hydrogens is 653 g/mol. The first-order valence-electron chi connectivity index (χ1n) is 14.2. The van der Waals surface area contributed by atoms with Gasteiger partial charge < -0.3 is 20.5 Å². The first-order chi connectivity index (χ1) is 21.3. The lowest BCUT2D eigenvalue weighted by atomic mass is 10.0. The van der Waals surface area contributed by atoms with E-state index in [0.29, 0.717) is 49.9 Å². The molecule has 2 aliphatic rings. The third-order valence-corrected chi connectivity index (χ3v) is 9.27. The maximum Gasteiger partial charge on any atom is 0.433 e. The van der Waals surface area contributed by atoms with Crippen LogP contribution in [0.2, 0.25) is 0 Å². The molecule has 5 aromatic rings. The molecule has 0 radical (unpaired) electrons. The van der Waals surface area contributed by atoms with E-state index in [4.69, 9.17) is 5.73 Å². The molecule has 2 amide bonds. The van der Waals surface area contributed by atoms with Crippen molar-refractivity contribution in [1.29, 1.82) is 0 Å². The van der Waals surface area contributed by atoms with Crippen molar-refractivity contribution in [3.63, 3.8) is 0 Å². The summed E-state index contributed by atoms with van der Waals surface area (Å²) in [6.45, 7) is 3.82. The largest absolute Gasteiger partial charge is 0.433 e. The normalized spacial score (nSPS) is 20.9. The number of pyridine rings is 2. The van der Waals surface area contributed by atoms with E-state index >= 15 is 0 Å². The highest BCUT2D eigenvalue weighted by atomic mass is 79.9. The molecule has 0 bridgehead atoms. The number of rotatable bonds is 5. The van der Waals surface area contributed by atoms with Crippen molar-refractivity contribution in [2.45, 2.75) is 51.5 Å². The Bertz CT molecular complexity index is 2030. The third-order valence-electron chi connectivity index (χ3n) is 8.82. The van der Waals surface area contributed by atoms with Crippen molar-refractivity contribution in [3.05, 3.63) is 70.8 Å². The van der Waals surface area contributed by atoms with Gasteiger partial charge in [-0.05, 0) is 82.6 Å². The highest BCUT2D eigenvalue weighted by Gasteiger charge is 2.64. The van der Waals surface area contributed by atoms with Crippen molar-refractivity contribution in [2.75, 3.05) is 11.1 Å². The summed E-state index contributed by atoms with van der Waals surface area (Å²) in [5, 5.41) is 4.03. The maximum absolute atomic E-state index is 14.1. The fourth-order valence-corrected chi connectivity index (χ4v) is 6.95.